The number of benzene rings is 3. The summed E-state index contributed by atoms with van der Waals surface area (Å²) in [6.45, 7) is 2.08. The van der Waals surface area contributed by atoms with Crippen LogP contribution in [-0.2, 0) is 6.42 Å². The van der Waals surface area contributed by atoms with E-state index in [1.165, 1.54) is 0 Å². The molecule has 4 aromatic rings. The van der Waals surface area contributed by atoms with Gasteiger partial charge in [0.1, 0.15) is 0 Å². The summed E-state index contributed by atoms with van der Waals surface area (Å²) >= 11 is 0. The number of nitrogens with zero attached hydrogens (tertiary/aromatic N) is 2. The second kappa shape index (κ2) is 7.44. The number of carbonyl (C=O) groups excluding carboxylic acids is 1. The molecule has 0 aliphatic carbocycles. The Balaban J connectivity index is 1.80. The highest BCUT2D eigenvalue weighted by Crippen LogP contribution is 2.35. The maximum absolute atomic E-state index is 13.3. The number of nitrogen functional groups attached to an aromatic ring is 1. The van der Waals surface area contributed by atoms with Crippen LogP contribution in [0.2, 0.25) is 0 Å². The van der Waals surface area contributed by atoms with Gasteiger partial charge in [-0.2, -0.15) is 5.10 Å². The summed E-state index contributed by atoms with van der Waals surface area (Å²) in [5, 5.41) is 10.7. The number of hydrogen-bond acceptors (Lipinski definition) is 3. The normalized spacial score (nSPS) is 10.8. The van der Waals surface area contributed by atoms with Crippen molar-refractivity contribution in [1.82, 2.24) is 10.2 Å². The molecule has 6 heteroatoms. The van der Waals surface area contributed by atoms with E-state index < -0.39 is 0 Å². The van der Waals surface area contributed by atoms with Gasteiger partial charge in [-0.3, -0.25) is 10.00 Å². The van der Waals surface area contributed by atoms with E-state index in [9.17, 15) is 4.79 Å². The average Bonchev–Trinajstić information content (AvgIpc) is 3.11. The number of para-hydroxylation sites is 1. The number of hydrogen-bond donors (Lipinski definition) is 3. The summed E-state index contributed by atoms with van der Waals surface area (Å²) in [6.07, 6.45) is 0.900. The number of urea groups is 1. The lowest BCUT2D eigenvalue weighted by molar-refractivity contribution is 0.259. The van der Waals surface area contributed by atoms with Crippen LogP contribution in [0.15, 0.2) is 72.8 Å². The highest BCUT2D eigenvalue weighted by atomic mass is 16.2. The number of nitrogens with one attached hydrogen (secondary N) is 2. The summed E-state index contributed by atoms with van der Waals surface area (Å²) < 4.78 is 0. The van der Waals surface area contributed by atoms with Gasteiger partial charge in [0, 0.05) is 5.69 Å². The number of H-pyrrole nitrogens is 1. The highest BCUT2D eigenvalue weighted by molar-refractivity contribution is 6.13. The molecular formula is C22H21N5O. The fourth-order valence-corrected chi connectivity index (χ4v) is 3.26. The first-order valence-electron chi connectivity index (χ1n) is 9.15. The van der Waals surface area contributed by atoms with Gasteiger partial charge >= 0.3 is 6.03 Å². The molecule has 0 aliphatic heterocycles. The SMILES string of the molecule is CCc1cccc(NC(=O)N(c2ccccc2)c2cccc3[nH]nc(N)c23)c1. The molecule has 140 valence electrons. The van der Waals surface area contributed by atoms with Crippen LogP contribution in [0.4, 0.5) is 27.7 Å². The molecule has 0 bridgehead atoms. The molecule has 4 rings (SSSR count). The molecule has 0 spiro atoms. The van der Waals surface area contributed by atoms with Gasteiger partial charge in [-0.25, -0.2) is 4.79 Å². The van der Waals surface area contributed by atoms with E-state index in [0.717, 1.165) is 28.9 Å². The molecule has 0 radical (unpaired) electrons. The van der Waals surface area contributed by atoms with E-state index in [0.29, 0.717) is 16.9 Å². The number of amides is 2. The number of carbonyl (C=O) groups is 1. The first kappa shape index (κ1) is 17.6. The Kier molecular flexibility index (Phi) is 4.68. The quantitative estimate of drug-likeness (QED) is 0.467. The molecule has 0 aliphatic rings. The van der Waals surface area contributed by atoms with Crippen LogP contribution in [-0.4, -0.2) is 16.2 Å². The lowest BCUT2D eigenvalue weighted by Crippen LogP contribution is -2.31. The third-order valence-electron chi connectivity index (χ3n) is 4.64. The van der Waals surface area contributed by atoms with Crippen molar-refractivity contribution < 1.29 is 4.79 Å². The molecule has 0 atom stereocenters. The molecule has 2 amide bonds. The summed E-state index contributed by atoms with van der Waals surface area (Å²) in [4.78, 5) is 15.0. The molecule has 0 saturated heterocycles. The molecule has 3 aromatic carbocycles. The number of aromatic amines is 1. The Hall–Kier alpha value is -3.80. The van der Waals surface area contributed by atoms with Crippen LogP contribution in [0.25, 0.3) is 10.9 Å². The average molecular weight is 371 g/mol. The Labute approximate surface area is 163 Å². The molecule has 0 unspecified atom stereocenters. The van der Waals surface area contributed by atoms with E-state index >= 15 is 0 Å². The first-order valence-corrected chi connectivity index (χ1v) is 9.15. The van der Waals surface area contributed by atoms with Gasteiger partial charge in [0.2, 0.25) is 0 Å². The summed E-state index contributed by atoms with van der Waals surface area (Å²) in [6, 6.07) is 22.7. The molecule has 28 heavy (non-hydrogen) atoms. The third kappa shape index (κ3) is 3.27. The van der Waals surface area contributed by atoms with Crippen LogP contribution in [0.1, 0.15) is 12.5 Å². The Morgan fingerprint density at radius 3 is 2.64 bits per heavy atom. The minimum absolute atomic E-state index is 0.271. The summed E-state index contributed by atoms with van der Waals surface area (Å²) in [7, 11) is 0. The predicted octanol–water partition coefficient (Wildman–Crippen LogP) is 5.08. The Bertz CT molecular complexity index is 1120. The lowest BCUT2D eigenvalue weighted by atomic mass is 10.1. The van der Waals surface area contributed by atoms with E-state index in [1.807, 2.05) is 72.8 Å². The molecule has 1 aromatic heterocycles. The second-order valence-electron chi connectivity index (χ2n) is 6.46. The third-order valence-corrected chi connectivity index (χ3v) is 4.64. The van der Waals surface area contributed by atoms with Crippen molar-refractivity contribution >= 4 is 39.8 Å². The molecule has 1 heterocycles. The molecule has 6 nitrogen and oxygen atoms in total. The monoisotopic (exact) mass is 371 g/mol. The smallest absolute Gasteiger partial charge is 0.330 e. The van der Waals surface area contributed by atoms with Crippen molar-refractivity contribution in [3.8, 4) is 0 Å². The maximum Gasteiger partial charge on any atom is 0.330 e. The zero-order chi connectivity index (χ0) is 19.5. The molecule has 0 saturated carbocycles. The largest absolute Gasteiger partial charge is 0.382 e. The van der Waals surface area contributed by atoms with Crippen molar-refractivity contribution in [2.75, 3.05) is 16.0 Å². The Morgan fingerprint density at radius 2 is 1.86 bits per heavy atom. The maximum atomic E-state index is 13.3. The van der Waals surface area contributed by atoms with Gasteiger partial charge in [0.25, 0.3) is 0 Å². The topological polar surface area (TPSA) is 87.0 Å². The predicted molar refractivity (Wildman–Crippen MR) is 114 cm³/mol. The van der Waals surface area contributed by atoms with E-state index in [4.69, 9.17) is 5.73 Å². The number of nitrogens with two attached hydrogens (primary N) is 1. The van der Waals surface area contributed by atoms with Crippen LogP contribution in [0, 0.1) is 0 Å². The zero-order valence-electron chi connectivity index (χ0n) is 15.5. The summed E-state index contributed by atoms with van der Waals surface area (Å²) in [5.41, 5.74) is 10.2. The van der Waals surface area contributed by atoms with Crippen LogP contribution >= 0.6 is 0 Å². The molecule has 4 N–H and O–H groups in total. The van der Waals surface area contributed by atoms with Crippen LogP contribution in [0.3, 0.4) is 0 Å². The van der Waals surface area contributed by atoms with Gasteiger partial charge < -0.3 is 11.1 Å². The molecule has 0 fully saturated rings. The number of aryl methyl sites for hydroxylation is 1. The fourth-order valence-electron chi connectivity index (χ4n) is 3.26. The highest BCUT2D eigenvalue weighted by Gasteiger charge is 2.22. The fraction of sp³-hybridized carbons (Fsp3) is 0.0909. The minimum atomic E-state index is -0.271. The van der Waals surface area contributed by atoms with Gasteiger partial charge in [0.05, 0.1) is 22.3 Å². The number of rotatable bonds is 4. The van der Waals surface area contributed by atoms with Gasteiger partial charge in [-0.15, -0.1) is 0 Å². The lowest BCUT2D eigenvalue weighted by Gasteiger charge is -2.24. The number of aromatic nitrogens is 2. The molecular weight excluding hydrogens is 350 g/mol. The van der Waals surface area contributed by atoms with E-state index in [1.54, 1.807) is 4.90 Å². The number of anilines is 4. The first-order chi connectivity index (χ1) is 13.7. The van der Waals surface area contributed by atoms with Gasteiger partial charge in [0.15, 0.2) is 5.82 Å². The zero-order valence-corrected chi connectivity index (χ0v) is 15.5. The van der Waals surface area contributed by atoms with Crippen molar-refractivity contribution in [1.29, 1.82) is 0 Å². The van der Waals surface area contributed by atoms with Gasteiger partial charge in [-0.05, 0) is 48.4 Å². The standard InChI is InChI=1S/C22H21N5O/c1-2-15-8-6-9-16(14-15)24-22(28)27(17-10-4-3-5-11-17)19-13-7-12-18-20(19)21(23)26-25-18/h3-14H,2H2,1H3,(H,24,28)(H3,23,25,26). The summed E-state index contributed by atoms with van der Waals surface area (Å²) in [5.74, 6) is 0.354. The van der Waals surface area contributed by atoms with E-state index in [-0.39, 0.29) is 6.03 Å². The minimum Gasteiger partial charge on any atom is -0.382 e. The second-order valence-corrected chi connectivity index (χ2v) is 6.46. The Morgan fingerprint density at radius 1 is 1.07 bits per heavy atom. The van der Waals surface area contributed by atoms with Gasteiger partial charge in [-0.1, -0.05) is 43.3 Å². The van der Waals surface area contributed by atoms with Crippen molar-refractivity contribution in [3.05, 3.63) is 78.4 Å². The van der Waals surface area contributed by atoms with E-state index in [2.05, 4.69) is 22.4 Å². The van der Waals surface area contributed by atoms with Crippen molar-refractivity contribution in [3.63, 3.8) is 0 Å². The van der Waals surface area contributed by atoms with Crippen molar-refractivity contribution in [2.45, 2.75) is 13.3 Å². The van der Waals surface area contributed by atoms with Crippen molar-refractivity contribution in [2.24, 2.45) is 0 Å². The van der Waals surface area contributed by atoms with Crippen LogP contribution in [0.5, 0.6) is 0 Å². The van der Waals surface area contributed by atoms with Crippen LogP contribution < -0.4 is 16.0 Å². The number of fused-ring (bicyclic) bond motifs is 1.